The lowest BCUT2D eigenvalue weighted by atomic mass is 10.1. The molecule has 18 heavy (non-hydrogen) atoms. The van der Waals surface area contributed by atoms with Crippen LogP contribution in [0.4, 0.5) is 4.79 Å². The minimum atomic E-state index is -0.478. The van der Waals surface area contributed by atoms with Gasteiger partial charge in [-0.25, -0.2) is 4.79 Å². The van der Waals surface area contributed by atoms with Crippen LogP contribution in [0.2, 0.25) is 0 Å². The summed E-state index contributed by atoms with van der Waals surface area (Å²) in [5, 5.41) is 0. The summed E-state index contributed by atoms with van der Waals surface area (Å²) in [6.07, 6.45) is 3.14. The fraction of sp³-hybridized carbons (Fsp3) is 0.267. The number of carbonyl (C=O) groups excluding carboxylic acids is 1. The molecule has 3 heteroatoms. The van der Waals surface area contributed by atoms with Gasteiger partial charge in [0.05, 0.1) is 0 Å². The second kappa shape index (κ2) is 4.69. The molecule has 0 saturated carbocycles. The SMILES string of the molecule is CC(C)(C)OC(=O)n1ccc(-c2ccccc2)c1. The summed E-state index contributed by atoms with van der Waals surface area (Å²) in [6.45, 7) is 5.56. The van der Waals surface area contributed by atoms with Crippen LogP contribution in [-0.2, 0) is 4.74 Å². The summed E-state index contributed by atoms with van der Waals surface area (Å²) >= 11 is 0. The molecule has 0 amide bonds. The zero-order chi connectivity index (χ0) is 13.2. The van der Waals surface area contributed by atoms with Crippen LogP contribution >= 0.6 is 0 Å². The van der Waals surface area contributed by atoms with E-state index in [2.05, 4.69) is 0 Å². The topological polar surface area (TPSA) is 31.2 Å². The molecule has 0 saturated heterocycles. The van der Waals surface area contributed by atoms with E-state index >= 15 is 0 Å². The predicted octanol–water partition coefficient (Wildman–Crippen LogP) is 3.94. The Hall–Kier alpha value is -2.03. The van der Waals surface area contributed by atoms with Crippen molar-refractivity contribution in [1.29, 1.82) is 0 Å². The predicted molar refractivity (Wildman–Crippen MR) is 71.5 cm³/mol. The number of hydrogen-bond donors (Lipinski definition) is 0. The second-order valence-corrected chi connectivity index (χ2v) is 5.15. The molecule has 0 spiro atoms. The average molecular weight is 243 g/mol. The third-order valence-electron chi connectivity index (χ3n) is 2.40. The van der Waals surface area contributed by atoms with Gasteiger partial charge < -0.3 is 4.74 Å². The Balaban J connectivity index is 2.19. The molecule has 1 heterocycles. The Morgan fingerprint density at radius 2 is 1.72 bits per heavy atom. The first-order valence-corrected chi connectivity index (χ1v) is 5.92. The van der Waals surface area contributed by atoms with E-state index < -0.39 is 5.60 Å². The van der Waals surface area contributed by atoms with Gasteiger partial charge in [0.25, 0.3) is 0 Å². The first-order chi connectivity index (χ1) is 8.46. The molecule has 0 fully saturated rings. The normalized spacial score (nSPS) is 11.3. The van der Waals surface area contributed by atoms with E-state index in [0.29, 0.717) is 0 Å². The molecule has 0 atom stereocenters. The summed E-state index contributed by atoms with van der Waals surface area (Å²) in [7, 11) is 0. The van der Waals surface area contributed by atoms with Gasteiger partial charge in [-0.1, -0.05) is 30.3 Å². The van der Waals surface area contributed by atoms with Crippen LogP contribution in [0.5, 0.6) is 0 Å². The highest BCUT2D eigenvalue weighted by Crippen LogP contribution is 2.19. The average Bonchev–Trinajstić information content (AvgIpc) is 2.77. The third-order valence-corrected chi connectivity index (χ3v) is 2.40. The highest BCUT2D eigenvalue weighted by molar-refractivity contribution is 5.74. The maximum absolute atomic E-state index is 11.8. The minimum Gasteiger partial charge on any atom is -0.443 e. The van der Waals surface area contributed by atoms with Gasteiger partial charge in [0.1, 0.15) is 5.60 Å². The van der Waals surface area contributed by atoms with Crippen LogP contribution < -0.4 is 0 Å². The van der Waals surface area contributed by atoms with Crippen molar-refractivity contribution in [2.24, 2.45) is 0 Å². The summed E-state index contributed by atoms with van der Waals surface area (Å²) in [6, 6.07) is 11.8. The lowest BCUT2D eigenvalue weighted by Gasteiger charge is -2.19. The molecular weight excluding hydrogens is 226 g/mol. The molecule has 2 aromatic rings. The molecule has 0 N–H and O–H groups in total. The van der Waals surface area contributed by atoms with Crippen LogP contribution in [0, 0.1) is 0 Å². The molecule has 3 nitrogen and oxygen atoms in total. The van der Waals surface area contributed by atoms with Crippen LogP contribution in [-0.4, -0.2) is 16.3 Å². The van der Waals surface area contributed by atoms with Crippen LogP contribution in [0.1, 0.15) is 20.8 Å². The fourth-order valence-electron chi connectivity index (χ4n) is 1.63. The molecule has 0 unspecified atom stereocenters. The number of rotatable bonds is 1. The van der Waals surface area contributed by atoms with Crippen LogP contribution in [0.15, 0.2) is 48.8 Å². The summed E-state index contributed by atoms with van der Waals surface area (Å²) < 4.78 is 6.76. The molecule has 2 rings (SSSR count). The summed E-state index contributed by atoms with van der Waals surface area (Å²) in [5.41, 5.74) is 1.61. The number of carbonyl (C=O) groups is 1. The van der Waals surface area contributed by atoms with Crippen LogP contribution in [0.25, 0.3) is 11.1 Å². The van der Waals surface area contributed by atoms with E-state index in [1.807, 2.05) is 57.2 Å². The van der Waals surface area contributed by atoms with Crippen molar-refractivity contribution in [2.75, 3.05) is 0 Å². The van der Waals surface area contributed by atoms with Crippen molar-refractivity contribution < 1.29 is 9.53 Å². The van der Waals surface area contributed by atoms with E-state index in [0.717, 1.165) is 11.1 Å². The standard InChI is InChI=1S/C15H17NO2/c1-15(2,3)18-14(17)16-10-9-13(11-16)12-7-5-4-6-8-12/h4-11H,1-3H3. The Kier molecular flexibility index (Phi) is 3.24. The zero-order valence-electron chi connectivity index (χ0n) is 10.9. The summed E-state index contributed by atoms with van der Waals surface area (Å²) in [4.78, 5) is 11.8. The van der Waals surface area contributed by atoms with Gasteiger partial charge in [0.15, 0.2) is 0 Å². The van der Waals surface area contributed by atoms with E-state index in [1.165, 1.54) is 4.57 Å². The molecule has 94 valence electrons. The lowest BCUT2D eigenvalue weighted by Crippen LogP contribution is -2.26. The first-order valence-electron chi connectivity index (χ1n) is 5.92. The highest BCUT2D eigenvalue weighted by Gasteiger charge is 2.17. The maximum atomic E-state index is 11.8. The molecule has 1 aromatic heterocycles. The van der Waals surface area contributed by atoms with E-state index in [1.54, 1.807) is 12.4 Å². The van der Waals surface area contributed by atoms with Gasteiger partial charge in [0, 0.05) is 12.4 Å². The number of hydrogen-bond acceptors (Lipinski definition) is 2. The molecule has 0 aliphatic rings. The van der Waals surface area contributed by atoms with Crippen molar-refractivity contribution in [2.45, 2.75) is 26.4 Å². The van der Waals surface area contributed by atoms with Crippen molar-refractivity contribution in [3.05, 3.63) is 48.8 Å². The van der Waals surface area contributed by atoms with Gasteiger partial charge in [-0.3, -0.25) is 4.57 Å². The van der Waals surface area contributed by atoms with Crippen molar-refractivity contribution >= 4 is 6.09 Å². The van der Waals surface area contributed by atoms with Crippen LogP contribution in [0.3, 0.4) is 0 Å². The maximum Gasteiger partial charge on any atom is 0.418 e. The third kappa shape index (κ3) is 3.00. The molecule has 0 radical (unpaired) electrons. The summed E-state index contributed by atoms with van der Waals surface area (Å²) in [5.74, 6) is 0. The first kappa shape index (κ1) is 12.4. The van der Waals surface area contributed by atoms with Gasteiger partial charge in [-0.2, -0.15) is 0 Å². The fourth-order valence-corrected chi connectivity index (χ4v) is 1.63. The van der Waals surface area contributed by atoms with Gasteiger partial charge in [0.2, 0.25) is 0 Å². The van der Waals surface area contributed by atoms with E-state index in [9.17, 15) is 4.79 Å². The molecule has 0 bridgehead atoms. The Morgan fingerprint density at radius 3 is 2.33 bits per heavy atom. The van der Waals surface area contributed by atoms with Gasteiger partial charge in [-0.05, 0) is 38.0 Å². The van der Waals surface area contributed by atoms with Crippen molar-refractivity contribution in [1.82, 2.24) is 4.57 Å². The quantitative estimate of drug-likeness (QED) is 0.759. The smallest absolute Gasteiger partial charge is 0.418 e. The highest BCUT2D eigenvalue weighted by atomic mass is 16.6. The van der Waals surface area contributed by atoms with Crippen molar-refractivity contribution in [3.63, 3.8) is 0 Å². The molecule has 1 aromatic carbocycles. The Bertz CT molecular complexity index is 535. The Morgan fingerprint density at radius 1 is 1.06 bits per heavy atom. The number of aromatic nitrogens is 1. The number of benzene rings is 1. The second-order valence-electron chi connectivity index (χ2n) is 5.15. The monoisotopic (exact) mass is 243 g/mol. The van der Waals surface area contributed by atoms with E-state index in [-0.39, 0.29) is 6.09 Å². The number of nitrogens with zero attached hydrogens (tertiary/aromatic N) is 1. The largest absolute Gasteiger partial charge is 0.443 e. The van der Waals surface area contributed by atoms with Gasteiger partial charge >= 0.3 is 6.09 Å². The van der Waals surface area contributed by atoms with Crippen molar-refractivity contribution in [3.8, 4) is 11.1 Å². The van der Waals surface area contributed by atoms with Gasteiger partial charge in [-0.15, -0.1) is 0 Å². The molecule has 0 aliphatic heterocycles. The zero-order valence-corrected chi connectivity index (χ0v) is 10.9. The minimum absolute atomic E-state index is 0.357. The Labute approximate surface area is 107 Å². The van der Waals surface area contributed by atoms with E-state index in [4.69, 9.17) is 4.74 Å². The lowest BCUT2D eigenvalue weighted by molar-refractivity contribution is 0.0537. The molecular formula is C15H17NO2. The molecule has 0 aliphatic carbocycles. The number of ether oxygens (including phenoxy) is 1.